The first-order valence-electron chi connectivity index (χ1n) is 15.5. The van der Waals surface area contributed by atoms with Gasteiger partial charge < -0.3 is 10.0 Å². The van der Waals surface area contributed by atoms with Gasteiger partial charge in [0.2, 0.25) is 0 Å². The van der Waals surface area contributed by atoms with Crippen LogP contribution in [0.2, 0.25) is 0 Å². The van der Waals surface area contributed by atoms with Gasteiger partial charge in [-0.05, 0) is 127 Å². The van der Waals surface area contributed by atoms with Crippen molar-refractivity contribution < 1.29 is 9.90 Å². The molecule has 0 radical (unpaired) electrons. The number of carbonyl (C=O) groups is 1. The Morgan fingerprint density at radius 3 is 2.46 bits per heavy atom. The summed E-state index contributed by atoms with van der Waals surface area (Å²) in [4.78, 5) is 14.9. The maximum atomic E-state index is 12.6. The molecule has 3 aliphatic carbocycles. The molecule has 0 spiro atoms. The fraction of sp³-hybridized carbons (Fsp3) is 0.694. The predicted molar refractivity (Wildman–Crippen MR) is 164 cm³/mol. The fourth-order valence-corrected chi connectivity index (χ4v) is 8.13. The van der Waals surface area contributed by atoms with Crippen LogP contribution in [0.1, 0.15) is 112 Å². The smallest absolute Gasteiger partial charge is 0.155 e. The highest BCUT2D eigenvalue weighted by Crippen LogP contribution is 2.67. The zero-order valence-corrected chi connectivity index (χ0v) is 26.1. The van der Waals surface area contributed by atoms with Crippen LogP contribution in [0, 0.1) is 46.3 Å². The van der Waals surface area contributed by atoms with Gasteiger partial charge in [0.05, 0.1) is 0 Å². The molecule has 7 atom stereocenters. The molecular formula is C36H53NO2. The largest absolute Gasteiger partial charge is 0.377 e. The van der Waals surface area contributed by atoms with Crippen molar-refractivity contribution in [1.82, 2.24) is 0 Å². The molecule has 1 aromatic carbocycles. The highest BCUT2D eigenvalue weighted by molar-refractivity contribution is 5.90. The van der Waals surface area contributed by atoms with Crippen LogP contribution in [-0.2, 0) is 4.79 Å². The first-order valence-corrected chi connectivity index (χ1v) is 15.5. The van der Waals surface area contributed by atoms with E-state index in [0.717, 1.165) is 38.5 Å². The minimum Gasteiger partial charge on any atom is -0.377 e. The van der Waals surface area contributed by atoms with Crippen molar-refractivity contribution >= 4 is 11.5 Å². The molecule has 3 saturated carbocycles. The van der Waals surface area contributed by atoms with E-state index in [4.69, 9.17) is 0 Å². The number of anilines is 1. The van der Waals surface area contributed by atoms with Gasteiger partial charge in [0.15, 0.2) is 5.78 Å². The summed E-state index contributed by atoms with van der Waals surface area (Å²) >= 11 is 0. The van der Waals surface area contributed by atoms with E-state index in [-0.39, 0.29) is 22.5 Å². The summed E-state index contributed by atoms with van der Waals surface area (Å²) in [7, 11) is 2.15. The monoisotopic (exact) mass is 531 g/mol. The minimum absolute atomic E-state index is 0.145. The van der Waals surface area contributed by atoms with Crippen molar-refractivity contribution in [3.63, 3.8) is 0 Å². The number of allylic oxidation sites excluding steroid dienone is 2. The van der Waals surface area contributed by atoms with Crippen LogP contribution >= 0.6 is 0 Å². The average molecular weight is 532 g/mol. The van der Waals surface area contributed by atoms with E-state index in [1.54, 1.807) is 0 Å². The number of benzene rings is 1. The van der Waals surface area contributed by atoms with Crippen LogP contribution in [-0.4, -0.2) is 29.6 Å². The van der Waals surface area contributed by atoms with Crippen molar-refractivity contribution in [2.75, 3.05) is 11.9 Å². The predicted octanol–water partition coefficient (Wildman–Crippen LogP) is 8.17. The first kappa shape index (κ1) is 29.9. The van der Waals surface area contributed by atoms with Gasteiger partial charge in [0, 0.05) is 36.0 Å². The molecule has 0 aromatic heterocycles. The summed E-state index contributed by atoms with van der Waals surface area (Å²) in [5.41, 5.74) is 2.56. The number of fused-ring (bicyclic) bond motifs is 3. The van der Waals surface area contributed by atoms with Crippen LogP contribution in [0.25, 0.3) is 0 Å². The maximum absolute atomic E-state index is 12.6. The van der Waals surface area contributed by atoms with Gasteiger partial charge in [0.1, 0.15) is 5.60 Å². The summed E-state index contributed by atoms with van der Waals surface area (Å²) < 4.78 is 0. The molecule has 0 unspecified atom stereocenters. The number of nitrogens with zero attached hydrogens (tertiary/aromatic N) is 1. The lowest BCUT2D eigenvalue weighted by Crippen LogP contribution is -2.54. The van der Waals surface area contributed by atoms with Gasteiger partial charge >= 0.3 is 0 Å². The highest BCUT2D eigenvalue weighted by Gasteiger charge is 2.66. The molecule has 39 heavy (non-hydrogen) atoms. The number of hydrogen-bond acceptors (Lipinski definition) is 3. The van der Waals surface area contributed by atoms with E-state index in [0.29, 0.717) is 36.1 Å². The molecule has 3 aliphatic rings. The molecule has 1 N–H and O–H groups in total. The molecule has 0 amide bonds. The average Bonchev–Trinajstić information content (AvgIpc) is 3.07. The van der Waals surface area contributed by atoms with E-state index in [2.05, 4.69) is 103 Å². The molecule has 3 nitrogen and oxygen atoms in total. The van der Waals surface area contributed by atoms with Crippen LogP contribution in [0.4, 0.5) is 5.69 Å². The third-order valence-corrected chi connectivity index (χ3v) is 10.5. The SMILES string of the molecule is CCCC(=O)/C=C1/CC[C@@H]2[C@@H](C1)[C@@H](c1ccc(N(C)C(C)C)cc1)C[C@@]1(C)[C@H]2C[C@@H](C)[C@@]1(O)C#CC(C)(C)C. The van der Waals surface area contributed by atoms with E-state index in [1.165, 1.54) is 16.8 Å². The van der Waals surface area contributed by atoms with Gasteiger partial charge in [-0.1, -0.05) is 50.3 Å². The van der Waals surface area contributed by atoms with Gasteiger partial charge in [-0.2, -0.15) is 0 Å². The zero-order valence-electron chi connectivity index (χ0n) is 26.1. The van der Waals surface area contributed by atoms with Gasteiger partial charge in [-0.25, -0.2) is 0 Å². The Hall–Kier alpha value is -2.05. The van der Waals surface area contributed by atoms with Crippen LogP contribution in [0.3, 0.4) is 0 Å². The molecule has 3 heteroatoms. The second kappa shape index (κ2) is 11.1. The van der Waals surface area contributed by atoms with E-state index < -0.39 is 5.60 Å². The minimum atomic E-state index is -0.987. The normalized spacial score (nSPS) is 35.3. The Balaban J connectivity index is 1.76. The van der Waals surface area contributed by atoms with Crippen LogP contribution in [0.5, 0.6) is 0 Å². The molecule has 0 bridgehead atoms. The summed E-state index contributed by atoms with van der Waals surface area (Å²) in [5, 5.41) is 12.4. The van der Waals surface area contributed by atoms with Crippen LogP contribution in [0.15, 0.2) is 35.9 Å². The standard InChI is InChI=1S/C36H53NO2/c1-10-11-29(38)21-26-12-17-30-31(22-26)32(27-13-15-28(16-14-27)37(9)24(2)3)23-35(8)33(30)20-25(4)36(35,39)19-18-34(5,6)7/h13-16,21,24-25,30-33,39H,10-12,17,20,22-23H2,1-9H3/b26-21-/t25-,30-,31-,32-,33+,35+,36+/m1/s1. The Labute approximate surface area is 238 Å². The molecule has 0 saturated heterocycles. The third kappa shape index (κ3) is 5.74. The van der Waals surface area contributed by atoms with Crippen molar-refractivity contribution in [3.05, 3.63) is 41.5 Å². The van der Waals surface area contributed by atoms with E-state index >= 15 is 0 Å². The number of aliphatic hydroxyl groups is 1. The summed E-state index contributed by atoms with van der Waals surface area (Å²) in [6.45, 7) is 17.5. The quantitative estimate of drug-likeness (QED) is 0.297. The molecule has 0 heterocycles. The number of rotatable bonds is 6. The second-order valence-electron chi connectivity index (χ2n) is 14.6. The van der Waals surface area contributed by atoms with Gasteiger partial charge in [-0.15, -0.1) is 0 Å². The van der Waals surface area contributed by atoms with Crippen molar-refractivity contribution in [2.24, 2.45) is 34.5 Å². The maximum Gasteiger partial charge on any atom is 0.155 e. The topological polar surface area (TPSA) is 40.5 Å². The summed E-state index contributed by atoms with van der Waals surface area (Å²) in [6, 6.07) is 9.64. The number of hydrogen-bond donors (Lipinski definition) is 1. The van der Waals surface area contributed by atoms with Crippen LogP contribution < -0.4 is 4.90 Å². The Kier molecular flexibility index (Phi) is 8.50. The van der Waals surface area contributed by atoms with Crippen molar-refractivity contribution in [3.8, 4) is 11.8 Å². The van der Waals surface area contributed by atoms with Crippen molar-refractivity contribution in [1.29, 1.82) is 0 Å². The lowest BCUT2D eigenvalue weighted by atomic mass is 9.49. The fourth-order valence-electron chi connectivity index (χ4n) is 8.13. The first-order chi connectivity index (χ1) is 18.2. The number of ketones is 1. The molecule has 214 valence electrons. The second-order valence-corrected chi connectivity index (χ2v) is 14.6. The summed E-state index contributed by atoms with van der Waals surface area (Å²) in [6.07, 6.45) is 8.62. The lowest BCUT2D eigenvalue weighted by Gasteiger charge is -2.55. The Morgan fingerprint density at radius 2 is 1.87 bits per heavy atom. The summed E-state index contributed by atoms with van der Waals surface area (Å²) in [5.74, 6) is 9.18. The van der Waals surface area contributed by atoms with Gasteiger partial charge in [0.25, 0.3) is 0 Å². The molecular weight excluding hydrogens is 478 g/mol. The van der Waals surface area contributed by atoms with E-state index in [1.807, 2.05) is 6.08 Å². The lowest BCUT2D eigenvalue weighted by molar-refractivity contribution is -0.114. The molecule has 0 aliphatic heterocycles. The molecule has 1 aromatic rings. The Bertz CT molecular complexity index is 1130. The molecule has 3 fully saturated rings. The van der Waals surface area contributed by atoms with E-state index in [9.17, 15) is 9.90 Å². The zero-order chi connectivity index (χ0) is 28.8. The highest BCUT2D eigenvalue weighted by atomic mass is 16.3. The third-order valence-electron chi connectivity index (χ3n) is 10.5. The van der Waals surface area contributed by atoms with Crippen molar-refractivity contribution in [2.45, 2.75) is 118 Å². The Morgan fingerprint density at radius 1 is 1.21 bits per heavy atom. The number of carbonyl (C=O) groups excluding carboxylic acids is 1. The van der Waals surface area contributed by atoms with Gasteiger partial charge in [-0.3, -0.25) is 4.79 Å². The molecule has 4 rings (SSSR count).